The second kappa shape index (κ2) is 9.23. The van der Waals surface area contributed by atoms with Gasteiger partial charge in [-0.3, -0.25) is 29.8 Å². The van der Waals surface area contributed by atoms with Crippen LogP contribution in [0.15, 0.2) is 36.4 Å². The van der Waals surface area contributed by atoms with Gasteiger partial charge >= 0.3 is 0 Å². The van der Waals surface area contributed by atoms with Crippen LogP contribution in [0, 0.1) is 27.2 Å². The fraction of sp³-hybridized carbons (Fsp3) is 0.0667. The van der Waals surface area contributed by atoms with Gasteiger partial charge in [0.2, 0.25) is 0 Å². The molecule has 0 N–H and O–H groups in total. The lowest BCUT2D eigenvalue weighted by Crippen LogP contribution is -1.95. The smallest absolute Gasteiger partial charge is 0.276 e. The number of aryl methyl sites for hydroxylation is 1. The minimum absolute atomic E-state index is 0.0216. The molecular formula is C15H9Cl3N2O6. The Balaban J connectivity index is 0.000000260. The van der Waals surface area contributed by atoms with Crippen LogP contribution in [-0.4, -0.2) is 20.3 Å². The quantitative estimate of drug-likeness (QED) is 0.394. The molecule has 0 aliphatic heterocycles. The van der Waals surface area contributed by atoms with Crippen molar-refractivity contribution in [1.29, 1.82) is 0 Å². The number of carbonyl (C=O) groups excluding carboxylic acids is 2. The molecule has 0 aliphatic rings. The molecule has 0 spiro atoms. The van der Waals surface area contributed by atoms with Crippen LogP contribution in [0.4, 0.5) is 11.4 Å². The van der Waals surface area contributed by atoms with E-state index in [2.05, 4.69) is 0 Å². The third-order valence-corrected chi connectivity index (χ3v) is 3.76. The molecule has 0 saturated heterocycles. The lowest BCUT2D eigenvalue weighted by Gasteiger charge is -1.97. The predicted octanol–water partition coefficient (Wildman–Crippen LogP) is 4.91. The standard InChI is InChI=1S/C8H6ClNO3.C7H3Cl2NO3/c1-5-2-3-6(8(9)11)4-7(5)10(12)13;8-5-2-1-4(7(9)11)3-6(5)10(12)13/h2-4H,1H3;1-3H. The Kier molecular flexibility index (Phi) is 7.63. The number of benzene rings is 2. The summed E-state index contributed by atoms with van der Waals surface area (Å²) in [6.45, 7) is 1.60. The molecule has 2 aromatic rings. The largest absolute Gasteiger partial charge is 0.288 e. The van der Waals surface area contributed by atoms with Crippen molar-refractivity contribution in [3.8, 4) is 0 Å². The van der Waals surface area contributed by atoms with E-state index in [1.54, 1.807) is 6.92 Å². The Morgan fingerprint density at radius 1 is 0.846 bits per heavy atom. The van der Waals surface area contributed by atoms with E-state index >= 15 is 0 Å². The first kappa shape index (κ1) is 21.5. The highest BCUT2D eigenvalue weighted by atomic mass is 35.5. The predicted molar refractivity (Wildman–Crippen MR) is 96.3 cm³/mol. The number of hydrogen-bond acceptors (Lipinski definition) is 6. The summed E-state index contributed by atoms with van der Waals surface area (Å²) >= 11 is 15.8. The average Bonchev–Trinajstić information content (AvgIpc) is 2.55. The maximum Gasteiger partial charge on any atom is 0.288 e. The first-order valence-corrected chi connectivity index (χ1v) is 7.76. The van der Waals surface area contributed by atoms with E-state index < -0.39 is 20.3 Å². The first-order valence-electron chi connectivity index (χ1n) is 6.63. The molecule has 0 unspecified atom stereocenters. The zero-order valence-electron chi connectivity index (χ0n) is 12.9. The highest BCUT2D eigenvalue weighted by Crippen LogP contribution is 2.25. The van der Waals surface area contributed by atoms with Crippen LogP contribution in [0.2, 0.25) is 5.02 Å². The van der Waals surface area contributed by atoms with Gasteiger partial charge in [0.1, 0.15) is 5.02 Å². The maximum absolute atomic E-state index is 10.7. The van der Waals surface area contributed by atoms with Crippen molar-refractivity contribution in [1.82, 2.24) is 0 Å². The Morgan fingerprint density at radius 3 is 1.69 bits per heavy atom. The van der Waals surface area contributed by atoms with Gasteiger partial charge in [-0.1, -0.05) is 17.7 Å². The second-order valence-electron chi connectivity index (χ2n) is 4.73. The molecule has 2 aromatic carbocycles. The number of hydrogen-bond donors (Lipinski definition) is 0. The summed E-state index contributed by atoms with van der Waals surface area (Å²) in [5.74, 6) is 0. The minimum atomic E-state index is -0.750. The van der Waals surface area contributed by atoms with Crippen LogP contribution in [0.1, 0.15) is 26.3 Å². The molecule has 26 heavy (non-hydrogen) atoms. The van der Waals surface area contributed by atoms with E-state index in [-0.39, 0.29) is 27.5 Å². The minimum Gasteiger partial charge on any atom is -0.276 e. The number of nitrogens with zero attached hydrogens (tertiary/aromatic N) is 2. The van der Waals surface area contributed by atoms with E-state index in [9.17, 15) is 29.8 Å². The fourth-order valence-electron chi connectivity index (χ4n) is 1.70. The molecule has 2 rings (SSSR count). The molecule has 11 heteroatoms. The van der Waals surface area contributed by atoms with Gasteiger partial charge in [-0.2, -0.15) is 0 Å². The third kappa shape index (κ3) is 5.76. The van der Waals surface area contributed by atoms with Gasteiger partial charge in [-0.15, -0.1) is 0 Å². The SMILES string of the molecule is Cc1ccc(C(=O)Cl)cc1[N+](=O)[O-].O=C(Cl)c1ccc(Cl)c([N+](=O)[O-])c1. The van der Waals surface area contributed by atoms with Crippen LogP contribution in [0.25, 0.3) is 0 Å². The van der Waals surface area contributed by atoms with Crippen LogP contribution in [-0.2, 0) is 0 Å². The Labute approximate surface area is 161 Å². The van der Waals surface area contributed by atoms with Crippen LogP contribution >= 0.6 is 34.8 Å². The van der Waals surface area contributed by atoms with Crippen LogP contribution in [0.5, 0.6) is 0 Å². The van der Waals surface area contributed by atoms with Gasteiger partial charge in [0.15, 0.2) is 0 Å². The fourth-order valence-corrected chi connectivity index (χ4v) is 2.12. The summed E-state index contributed by atoms with van der Waals surface area (Å²) in [5.41, 5.74) is 0.281. The monoisotopic (exact) mass is 418 g/mol. The molecule has 0 radical (unpaired) electrons. The summed E-state index contributed by atoms with van der Waals surface area (Å²) in [4.78, 5) is 40.9. The van der Waals surface area contributed by atoms with E-state index in [0.717, 1.165) is 6.07 Å². The van der Waals surface area contributed by atoms with Crippen molar-refractivity contribution in [3.05, 3.63) is 78.3 Å². The summed E-state index contributed by atoms with van der Waals surface area (Å²) in [6, 6.07) is 7.74. The zero-order valence-corrected chi connectivity index (χ0v) is 15.2. The van der Waals surface area contributed by atoms with Gasteiger partial charge in [-0.25, -0.2) is 0 Å². The van der Waals surface area contributed by atoms with Crippen LogP contribution in [0.3, 0.4) is 0 Å². The van der Waals surface area contributed by atoms with Crippen molar-refractivity contribution >= 4 is 56.7 Å². The van der Waals surface area contributed by atoms with Gasteiger partial charge in [0, 0.05) is 28.8 Å². The molecule has 0 saturated carbocycles. The number of rotatable bonds is 4. The van der Waals surface area contributed by atoms with E-state index in [4.69, 9.17) is 34.8 Å². The topological polar surface area (TPSA) is 120 Å². The third-order valence-electron chi connectivity index (χ3n) is 3.00. The Bertz CT molecular complexity index is 827. The molecule has 8 nitrogen and oxygen atoms in total. The Hall–Kier alpha value is -2.55. The van der Waals surface area contributed by atoms with Gasteiger partial charge in [0.05, 0.1) is 9.85 Å². The summed E-state index contributed by atoms with van der Waals surface area (Å²) in [6.07, 6.45) is 0. The van der Waals surface area contributed by atoms with Crippen molar-refractivity contribution in [2.75, 3.05) is 0 Å². The Morgan fingerprint density at radius 2 is 1.27 bits per heavy atom. The molecule has 0 aromatic heterocycles. The summed E-state index contributed by atoms with van der Waals surface area (Å²) < 4.78 is 0. The van der Waals surface area contributed by atoms with Gasteiger partial charge in [0.25, 0.3) is 21.9 Å². The molecular weight excluding hydrogens is 411 g/mol. The van der Waals surface area contributed by atoms with E-state index in [0.29, 0.717) is 5.56 Å². The molecule has 0 amide bonds. The lowest BCUT2D eigenvalue weighted by molar-refractivity contribution is -0.385. The number of nitro groups is 2. The number of carbonyl (C=O) groups is 2. The molecule has 136 valence electrons. The van der Waals surface area contributed by atoms with Gasteiger partial charge < -0.3 is 0 Å². The van der Waals surface area contributed by atoms with Crippen molar-refractivity contribution < 1.29 is 19.4 Å². The zero-order chi connectivity index (χ0) is 20.0. The number of nitro benzene ring substituents is 2. The van der Waals surface area contributed by atoms with Gasteiger partial charge in [-0.05, 0) is 48.3 Å². The molecule has 0 heterocycles. The van der Waals surface area contributed by atoms with Crippen molar-refractivity contribution in [2.45, 2.75) is 6.92 Å². The first-order chi connectivity index (χ1) is 12.0. The number of halogens is 3. The summed E-state index contributed by atoms with van der Waals surface area (Å²) in [5, 5.41) is 19.3. The summed E-state index contributed by atoms with van der Waals surface area (Å²) in [7, 11) is 0. The molecule has 0 aliphatic carbocycles. The second-order valence-corrected chi connectivity index (χ2v) is 5.82. The maximum atomic E-state index is 10.7. The van der Waals surface area contributed by atoms with Crippen molar-refractivity contribution in [3.63, 3.8) is 0 Å². The van der Waals surface area contributed by atoms with E-state index in [1.165, 1.54) is 30.3 Å². The highest BCUT2D eigenvalue weighted by molar-refractivity contribution is 6.68. The molecule has 0 bridgehead atoms. The van der Waals surface area contributed by atoms with E-state index in [1.807, 2.05) is 0 Å². The molecule has 0 fully saturated rings. The van der Waals surface area contributed by atoms with Crippen molar-refractivity contribution in [2.24, 2.45) is 0 Å². The average molecular weight is 420 g/mol. The molecule has 0 atom stereocenters. The highest BCUT2D eigenvalue weighted by Gasteiger charge is 2.15. The lowest BCUT2D eigenvalue weighted by atomic mass is 10.1. The van der Waals surface area contributed by atoms with Crippen LogP contribution < -0.4 is 0 Å². The normalized spacial score (nSPS) is 9.69.